The first kappa shape index (κ1) is 14.2. The van der Waals surface area contributed by atoms with E-state index in [4.69, 9.17) is 0 Å². The number of carbonyl (C=O) groups excluding carboxylic acids is 2. The molecule has 0 bridgehead atoms. The van der Waals surface area contributed by atoms with Crippen LogP contribution in [0.2, 0.25) is 0 Å². The van der Waals surface area contributed by atoms with Gasteiger partial charge in [-0.2, -0.15) is 0 Å². The Hall–Kier alpha value is -0.860. The number of unbranched alkanes of at least 4 members (excludes halogenated alkanes) is 3. The average Bonchev–Trinajstić information content (AvgIpc) is 2.71. The van der Waals surface area contributed by atoms with Gasteiger partial charge < -0.3 is 4.90 Å². The van der Waals surface area contributed by atoms with Crippen LogP contribution in [0.5, 0.6) is 0 Å². The van der Waals surface area contributed by atoms with E-state index in [1.165, 1.54) is 12.8 Å². The Bertz CT molecular complexity index is 263. The van der Waals surface area contributed by atoms with E-state index in [0.717, 1.165) is 32.2 Å². The van der Waals surface area contributed by atoms with Crippen molar-refractivity contribution < 1.29 is 9.59 Å². The summed E-state index contributed by atoms with van der Waals surface area (Å²) in [5.74, 6) is 0.450. The summed E-state index contributed by atoms with van der Waals surface area (Å²) in [4.78, 5) is 25.1. The number of ketones is 1. The van der Waals surface area contributed by atoms with Gasteiger partial charge in [0.25, 0.3) is 0 Å². The van der Waals surface area contributed by atoms with Gasteiger partial charge in [-0.25, -0.2) is 0 Å². The highest BCUT2D eigenvalue weighted by atomic mass is 16.2. The standard InChI is InChI=1S/C14H25NO2/c1-3-4-5-6-9-14(17)15-10-7-8-13(15)11-12(2)16/h13H,3-11H2,1-2H3. The SMILES string of the molecule is CCCCCCC(=O)N1CCCC1CC(C)=O. The van der Waals surface area contributed by atoms with Crippen LogP contribution in [0.1, 0.15) is 65.2 Å². The van der Waals surface area contributed by atoms with Crippen molar-refractivity contribution in [2.24, 2.45) is 0 Å². The van der Waals surface area contributed by atoms with E-state index >= 15 is 0 Å². The van der Waals surface area contributed by atoms with Crippen molar-refractivity contribution in [2.75, 3.05) is 6.54 Å². The van der Waals surface area contributed by atoms with E-state index in [-0.39, 0.29) is 17.7 Å². The number of likely N-dealkylation sites (tertiary alicyclic amines) is 1. The van der Waals surface area contributed by atoms with E-state index in [1.54, 1.807) is 6.92 Å². The van der Waals surface area contributed by atoms with Crippen molar-refractivity contribution in [2.45, 2.75) is 71.3 Å². The first-order valence-electron chi connectivity index (χ1n) is 6.94. The van der Waals surface area contributed by atoms with Crippen LogP contribution in [0.25, 0.3) is 0 Å². The molecule has 0 aromatic heterocycles. The first-order valence-corrected chi connectivity index (χ1v) is 6.94. The smallest absolute Gasteiger partial charge is 0.222 e. The van der Waals surface area contributed by atoms with E-state index < -0.39 is 0 Å². The van der Waals surface area contributed by atoms with Crippen LogP contribution in [-0.4, -0.2) is 29.2 Å². The number of Topliss-reactive ketones (excluding diaryl/α,β-unsaturated/α-hetero) is 1. The number of amides is 1. The zero-order chi connectivity index (χ0) is 12.7. The number of rotatable bonds is 7. The molecule has 3 heteroatoms. The van der Waals surface area contributed by atoms with Gasteiger partial charge in [0.1, 0.15) is 5.78 Å². The maximum absolute atomic E-state index is 12.0. The third-order valence-corrected chi connectivity index (χ3v) is 3.46. The highest BCUT2D eigenvalue weighted by molar-refractivity contribution is 5.80. The third-order valence-electron chi connectivity index (χ3n) is 3.46. The summed E-state index contributed by atoms with van der Waals surface area (Å²) in [7, 11) is 0. The van der Waals surface area contributed by atoms with Crippen molar-refractivity contribution in [3.05, 3.63) is 0 Å². The lowest BCUT2D eigenvalue weighted by Gasteiger charge is -2.24. The van der Waals surface area contributed by atoms with Crippen LogP contribution in [-0.2, 0) is 9.59 Å². The van der Waals surface area contributed by atoms with Gasteiger partial charge in [-0.3, -0.25) is 9.59 Å². The van der Waals surface area contributed by atoms with Crippen LogP contribution in [0, 0.1) is 0 Å². The van der Waals surface area contributed by atoms with Gasteiger partial charge in [0.2, 0.25) is 5.91 Å². The monoisotopic (exact) mass is 239 g/mol. The maximum Gasteiger partial charge on any atom is 0.222 e. The Morgan fingerprint density at radius 3 is 2.65 bits per heavy atom. The topological polar surface area (TPSA) is 37.4 Å². The lowest BCUT2D eigenvalue weighted by molar-refractivity contribution is -0.132. The molecule has 17 heavy (non-hydrogen) atoms. The number of carbonyl (C=O) groups is 2. The number of hydrogen-bond acceptors (Lipinski definition) is 2. The number of hydrogen-bond donors (Lipinski definition) is 0. The minimum absolute atomic E-state index is 0.186. The van der Waals surface area contributed by atoms with Crippen molar-refractivity contribution in [3.63, 3.8) is 0 Å². The van der Waals surface area contributed by atoms with Crippen LogP contribution < -0.4 is 0 Å². The predicted molar refractivity (Wildman–Crippen MR) is 68.8 cm³/mol. The highest BCUT2D eigenvalue weighted by Gasteiger charge is 2.28. The molecule has 1 amide bonds. The molecule has 0 aromatic carbocycles. The molecule has 0 aliphatic carbocycles. The average molecular weight is 239 g/mol. The fourth-order valence-electron chi connectivity index (χ4n) is 2.55. The number of nitrogens with zero attached hydrogens (tertiary/aromatic N) is 1. The third kappa shape index (κ3) is 4.88. The van der Waals surface area contributed by atoms with Gasteiger partial charge in [0.05, 0.1) is 0 Å². The molecule has 1 saturated heterocycles. The molecule has 98 valence electrons. The minimum atomic E-state index is 0.186. The second-order valence-corrected chi connectivity index (χ2v) is 5.10. The van der Waals surface area contributed by atoms with Crippen molar-refractivity contribution in [3.8, 4) is 0 Å². The van der Waals surface area contributed by atoms with Crippen molar-refractivity contribution >= 4 is 11.7 Å². The zero-order valence-electron chi connectivity index (χ0n) is 11.2. The van der Waals surface area contributed by atoms with Gasteiger partial charge in [-0.15, -0.1) is 0 Å². The molecular weight excluding hydrogens is 214 g/mol. The second-order valence-electron chi connectivity index (χ2n) is 5.10. The maximum atomic E-state index is 12.0. The van der Waals surface area contributed by atoms with Gasteiger partial charge in [0, 0.05) is 25.4 Å². The molecule has 1 heterocycles. The Morgan fingerprint density at radius 1 is 1.24 bits per heavy atom. The Kier molecular flexibility index (Phi) is 6.23. The fraction of sp³-hybridized carbons (Fsp3) is 0.857. The molecule has 0 saturated carbocycles. The normalized spacial score (nSPS) is 19.6. The molecule has 0 radical (unpaired) electrons. The van der Waals surface area contributed by atoms with E-state index in [1.807, 2.05) is 4.90 Å². The summed E-state index contributed by atoms with van der Waals surface area (Å²) in [6.45, 7) is 4.64. The van der Waals surface area contributed by atoms with Gasteiger partial charge in [-0.05, 0) is 26.2 Å². The molecule has 1 atom stereocenters. The van der Waals surface area contributed by atoms with E-state index in [9.17, 15) is 9.59 Å². The molecule has 0 spiro atoms. The Morgan fingerprint density at radius 2 is 2.00 bits per heavy atom. The second kappa shape index (κ2) is 7.46. The molecule has 3 nitrogen and oxygen atoms in total. The molecule has 1 aliphatic heterocycles. The summed E-state index contributed by atoms with van der Waals surface area (Å²) < 4.78 is 0. The van der Waals surface area contributed by atoms with Crippen LogP contribution >= 0.6 is 0 Å². The largest absolute Gasteiger partial charge is 0.339 e. The van der Waals surface area contributed by atoms with Crippen molar-refractivity contribution in [1.29, 1.82) is 0 Å². The summed E-state index contributed by atoms with van der Waals surface area (Å²) in [5, 5.41) is 0. The molecule has 1 aliphatic rings. The van der Waals surface area contributed by atoms with Gasteiger partial charge >= 0.3 is 0 Å². The zero-order valence-corrected chi connectivity index (χ0v) is 11.2. The highest BCUT2D eigenvalue weighted by Crippen LogP contribution is 2.22. The van der Waals surface area contributed by atoms with Gasteiger partial charge in [-0.1, -0.05) is 26.2 Å². The van der Waals surface area contributed by atoms with Crippen LogP contribution in [0.4, 0.5) is 0 Å². The lowest BCUT2D eigenvalue weighted by Crippen LogP contribution is -2.36. The minimum Gasteiger partial charge on any atom is -0.339 e. The quantitative estimate of drug-likeness (QED) is 0.641. The Labute approximate surface area is 105 Å². The summed E-state index contributed by atoms with van der Waals surface area (Å²) in [6, 6.07) is 0.186. The lowest BCUT2D eigenvalue weighted by atomic mass is 10.1. The van der Waals surface area contributed by atoms with Crippen LogP contribution in [0.15, 0.2) is 0 Å². The molecule has 1 rings (SSSR count). The summed E-state index contributed by atoms with van der Waals surface area (Å²) in [6.07, 6.45) is 7.81. The van der Waals surface area contributed by atoms with E-state index in [0.29, 0.717) is 12.8 Å². The van der Waals surface area contributed by atoms with E-state index in [2.05, 4.69) is 6.92 Å². The van der Waals surface area contributed by atoms with Crippen LogP contribution in [0.3, 0.4) is 0 Å². The molecular formula is C14H25NO2. The molecule has 1 unspecified atom stereocenters. The molecule has 1 fully saturated rings. The summed E-state index contributed by atoms with van der Waals surface area (Å²) in [5.41, 5.74) is 0. The molecule has 0 N–H and O–H groups in total. The van der Waals surface area contributed by atoms with Gasteiger partial charge in [0.15, 0.2) is 0 Å². The fourth-order valence-corrected chi connectivity index (χ4v) is 2.55. The predicted octanol–water partition coefficient (Wildman–Crippen LogP) is 2.93. The summed E-state index contributed by atoms with van der Waals surface area (Å²) >= 11 is 0. The first-order chi connectivity index (χ1) is 8.15. The Balaban J connectivity index is 2.31. The van der Waals surface area contributed by atoms with Crippen molar-refractivity contribution in [1.82, 2.24) is 4.90 Å². The molecule has 0 aromatic rings.